The molecule has 0 radical (unpaired) electrons. The van der Waals surface area contributed by atoms with Crippen LogP contribution in [0, 0.1) is 5.92 Å². The number of carbonyl (C=O) groups excluding carboxylic acids is 1. The van der Waals surface area contributed by atoms with E-state index in [1.54, 1.807) is 24.4 Å². The Morgan fingerprint density at radius 1 is 1.07 bits per heavy atom. The number of benzene rings is 2. The molecule has 0 atom stereocenters. The Labute approximate surface area is 177 Å². The average molecular weight is 419 g/mol. The number of halogens is 1. The van der Waals surface area contributed by atoms with Gasteiger partial charge in [-0.2, -0.15) is 0 Å². The minimum Gasteiger partial charge on any atom is -0.453 e. The summed E-state index contributed by atoms with van der Waals surface area (Å²) in [4.78, 5) is 30.5. The summed E-state index contributed by atoms with van der Waals surface area (Å²) in [7, 11) is 0. The summed E-state index contributed by atoms with van der Waals surface area (Å²) in [5.74, 6) is 0.176. The second-order valence-corrected chi connectivity index (χ2v) is 8.00. The largest absolute Gasteiger partial charge is 0.453 e. The lowest BCUT2D eigenvalue weighted by Crippen LogP contribution is -2.33. The molecule has 0 bridgehead atoms. The summed E-state index contributed by atoms with van der Waals surface area (Å²) in [5.41, 5.74) is 3.83. The third kappa shape index (κ3) is 3.15. The number of hydrogen-bond donors (Lipinski definition) is 0. The Morgan fingerprint density at radius 3 is 2.57 bits per heavy atom. The average Bonchev–Trinajstić information content (AvgIpc) is 2.79. The Morgan fingerprint density at radius 2 is 1.83 bits per heavy atom. The van der Waals surface area contributed by atoms with E-state index in [1.807, 2.05) is 18.2 Å². The molecule has 0 spiro atoms. The first kappa shape index (κ1) is 18.8. The van der Waals surface area contributed by atoms with Crippen molar-refractivity contribution in [2.45, 2.75) is 12.8 Å². The zero-order valence-corrected chi connectivity index (χ0v) is 16.9. The molecule has 1 aliphatic rings. The van der Waals surface area contributed by atoms with Crippen molar-refractivity contribution in [3.63, 3.8) is 0 Å². The molecule has 2 aromatic carbocycles. The van der Waals surface area contributed by atoms with E-state index in [4.69, 9.17) is 16.0 Å². The summed E-state index contributed by atoms with van der Waals surface area (Å²) in [5, 5.41) is 0.712. The van der Waals surface area contributed by atoms with Gasteiger partial charge in [0.1, 0.15) is 11.9 Å². The maximum atomic E-state index is 13.0. The molecule has 0 unspecified atom stereocenters. The van der Waals surface area contributed by atoms with Crippen molar-refractivity contribution < 1.29 is 9.21 Å². The standard InChI is InChI=1S/C24H19ClN2O3/c25-19-2-1-3-20-21(19)23(29)22-24(30-20)18(8-11-26-22)16-4-6-17(7-5-16)27-12-9-15(14-28)10-13-27/h1-8,11,14-15H,9-10,12-13H2. The molecule has 0 aliphatic carbocycles. The van der Waals surface area contributed by atoms with E-state index in [-0.39, 0.29) is 16.9 Å². The monoisotopic (exact) mass is 418 g/mol. The molecule has 1 saturated heterocycles. The van der Waals surface area contributed by atoms with Crippen LogP contribution in [0.4, 0.5) is 5.69 Å². The van der Waals surface area contributed by atoms with Gasteiger partial charge < -0.3 is 14.1 Å². The van der Waals surface area contributed by atoms with Crippen LogP contribution >= 0.6 is 11.6 Å². The topological polar surface area (TPSA) is 63.4 Å². The summed E-state index contributed by atoms with van der Waals surface area (Å²) < 4.78 is 6.07. The van der Waals surface area contributed by atoms with Gasteiger partial charge >= 0.3 is 0 Å². The molecule has 1 fully saturated rings. The van der Waals surface area contributed by atoms with Gasteiger partial charge in [-0.25, -0.2) is 4.98 Å². The lowest BCUT2D eigenvalue weighted by molar-refractivity contribution is -0.111. The fraction of sp³-hybridized carbons (Fsp3) is 0.208. The molecule has 2 aromatic heterocycles. The number of pyridine rings is 1. The Bertz CT molecular complexity index is 1310. The van der Waals surface area contributed by atoms with Crippen molar-refractivity contribution in [1.29, 1.82) is 0 Å². The predicted octanol–water partition coefficient (Wildman–Crippen LogP) is 5.08. The van der Waals surface area contributed by atoms with Crippen LogP contribution < -0.4 is 10.3 Å². The van der Waals surface area contributed by atoms with Crippen molar-refractivity contribution in [1.82, 2.24) is 4.98 Å². The Hall–Kier alpha value is -3.18. The summed E-state index contributed by atoms with van der Waals surface area (Å²) in [6.45, 7) is 1.76. The number of carbonyl (C=O) groups is 1. The second-order valence-electron chi connectivity index (χ2n) is 7.59. The van der Waals surface area contributed by atoms with Gasteiger partial charge in [-0.05, 0) is 48.7 Å². The van der Waals surface area contributed by atoms with Gasteiger partial charge in [-0.1, -0.05) is 29.8 Å². The van der Waals surface area contributed by atoms with Crippen molar-refractivity contribution >= 4 is 45.6 Å². The summed E-state index contributed by atoms with van der Waals surface area (Å²) in [6.07, 6.45) is 4.47. The quantitative estimate of drug-likeness (QED) is 0.343. The molecule has 3 heterocycles. The van der Waals surface area contributed by atoms with Gasteiger partial charge in [0.15, 0.2) is 11.1 Å². The molecular weight excluding hydrogens is 400 g/mol. The predicted molar refractivity (Wildman–Crippen MR) is 119 cm³/mol. The molecule has 0 saturated carbocycles. The SMILES string of the molecule is O=CC1CCN(c2ccc(-c3ccnc4c(=O)c5c(Cl)cccc5oc34)cc2)CC1. The second kappa shape index (κ2) is 7.58. The van der Waals surface area contributed by atoms with Crippen LogP contribution in [0.25, 0.3) is 33.2 Å². The van der Waals surface area contributed by atoms with Crippen LogP contribution in [0.3, 0.4) is 0 Å². The lowest BCUT2D eigenvalue weighted by Gasteiger charge is -2.31. The van der Waals surface area contributed by atoms with E-state index in [9.17, 15) is 9.59 Å². The molecule has 150 valence electrons. The van der Waals surface area contributed by atoms with Gasteiger partial charge in [0.25, 0.3) is 0 Å². The number of anilines is 1. The highest BCUT2D eigenvalue weighted by Gasteiger charge is 2.19. The van der Waals surface area contributed by atoms with Crippen LogP contribution in [-0.4, -0.2) is 24.4 Å². The fourth-order valence-electron chi connectivity index (χ4n) is 4.12. The Balaban J connectivity index is 1.56. The van der Waals surface area contributed by atoms with Crippen molar-refractivity contribution in [3.8, 4) is 11.1 Å². The van der Waals surface area contributed by atoms with Crippen LogP contribution in [-0.2, 0) is 4.79 Å². The van der Waals surface area contributed by atoms with Crippen LogP contribution in [0.2, 0.25) is 5.02 Å². The molecule has 5 nitrogen and oxygen atoms in total. The van der Waals surface area contributed by atoms with E-state index in [0.29, 0.717) is 21.6 Å². The van der Waals surface area contributed by atoms with E-state index in [2.05, 4.69) is 22.0 Å². The first-order valence-electron chi connectivity index (χ1n) is 9.96. The molecule has 0 N–H and O–H groups in total. The Kier molecular flexibility index (Phi) is 4.75. The van der Waals surface area contributed by atoms with Gasteiger partial charge in [-0.3, -0.25) is 4.79 Å². The normalized spacial score (nSPS) is 15.0. The first-order chi connectivity index (χ1) is 14.7. The number of hydrogen-bond acceptors (Lipinski definition) is 5. The highest BCUT2D eigenvalue weighted by Crippen LogP contribution is 2.32. The fourth-order valence-corrected chi connectivity index (χ4v) is 4.38. The maximum absolute atomic E-state index is 13.0. The zero-order chi connectivity index (χ0) is 20.7. The third-order valence-electron chi connectivity index (χ3n) is 5.81. The van der Waals surface area contributed by atoms with Crippen LogP contribution in [0.1, 0.15) is 12.8 Å². The van der Waals surface area contributed by atoms with Gasteiger partial charge in [0, 0.05) is 36.5 Å². The highest BCUT2D eigenvalue weighted by molar-refractivity contribution is 6.35. The molecule has 30 heavy (non-hydrogen) atoms. The number of nitrogens with zero attached hydrogens (tertiary/aromatic N) is 2. The summed E-state index contributed by atoms with van der Waals surface area (Å²) >= 11 is 6.22. The van der Waals surface area contributed by atoms with Gasteiger partial charge in [0.2, 0.25) is 5.43 Å². The van der Waals surface area contributed by atoms with Crippen molar-refractivity contribution in [3.05, 3.63) is 70.0 Å². The minimum absolute atomic E-state index is 0.176. The van der Waals surface area contributed by atoms with E-state index >= 15 is 0 Å². The number of aldehydes is 1. The third-order valence-corrected chi connectivity index (χ3v) is 6.12. The van der Waals surface area contributed by atoms with E-state index in [0.717, 1.165) is 49.0 Å². The smallest absolute Gasteiger partial charge is 0.220 e. The van der Waals surface area contributed by atoms with Crippen LogP contribution in [0.15, 0.2) is 63.9 Å². The maximum Gasteiger partial charge on any atom is 0.220 e. The number of aromatic nitrogens is 1. The molecule has 6 heteroatoms. The molecule has 1 aliphatic heterocycles. The zero-order valence-electron chi connectivity index (χ0n) is 16.2. The van der Waals surface area contributed by atoms with E-state index in [1.165, 1.54) is 0 Å². The molecule has 4 aromatic rings. The van der Waals surface area contributed by atoms with Gasteiger partial charge in [0.05, 0.1) is 10.4 Å². The molecule has 5 rings (SSSR count). The highest BCUT2D eigenvalue weighted by atomic mass is 35.5. The summed E-state index contributed by atoms with van der Waals surface area (Å²) in [6, 6.07) is 15.2. The molecule has 0 amide bonds. The van der Waals surface area contributed by atoms with Crippen LogP contribution in [0.5, 0.6) is 0 Å². The minimum atomic E-state index is -0.228. The molecular formula is C24H19ClN2O3. The number of fused-ring (bicyclic) bond motifs is 2. The number of rotatable bonds is 3. The van der Waals surface area contributed by atoms with E-state index < -0.39 is 0 Å². The lowest BCUT2D eigenvalue weighted by atomic mass is 9.98. The van der Waals surface area contributed by atoms with Gasteiger partial charge in [-0.15, -0.1) is 0 Å². The van der Waals surface area contributed by atoms with Crippen molar-refractivity contribution in [2.24, 2.45) is 5.92 Å². The van der Waals surface area contributed by atoms with Crippen molar-refractivity contribution in [2.75, 3.05) is 18.0 Å². The first-order valence-corrected chi connectivity index (χ1v) is 10.3. The number of piperidine rings is 1.